The van der Waals surface area contributed by atoms with E-state index < -0.39 is 18.0 Å². The monoisotopic (exact) mass is 447 g/mol. The van der Waals surface area contributed by atoms with Crippen LogP contribution >= 0.6 is 11.6 Å². The molecule has 1 atom stereocenters. The maximum Gasteiger partial charge on any atom is 0.339 e. The van der Waals surface area contributed by atoms with Crippen molar-refractivity contribution in [2.45, 2.75) is 13.0 Å². The third-order valence-electron chi connectivity index (χ3n) is 4.70. The van der Waals surface area contributed by atoms with Crippen LogP contribution in [0.3, 0.4) is 0 Å². The summed E-state index contributed by atoms with van der Waals surface area (Å²) >= 11 is 6.16. The summed E-state index contributed by atoms with van der Waals surface area (Å²) < 4.78 is 7.05. The van der Waals surface area contributed by atoms with E-state index >= 15 is 0 Å². The van der Waals surface area contributed by atoms with Crippen LogP contribution < -0.4 is 5.32 Å². The molecule has 1 heterocycles. The number of carbonyl (C=O) groups is 2. The van der Waals surface area contributed by atoms with E-state index in [4.69, 9.17) is 16.3 Å². The highest BCUT2D eigenvalue weighted by molar-refractivity contribution is 6.31. The summed E-state index contributed by atoms with van der Waals surface area (Å²) in [7, 11) is 0. The Bertz CT molecular complexity index is 1250. The Balaban J connectivity index is 1.58. The van der Waals surface area contributed by atoms with E-state index in [2.05, 4.69) is 20.8 Å². The lowest BCUT2D eigenvalue weighted by Gasteiger charge is -2.18. The molecule has 0 aliphatic heterocycles. The lowest BCUT2D eigenvalue weighted by atomic mass is 10.1. The second-order valence-corrected chi connectivity index (χ2v) is 7.36. The summed E-state index contributed by atoms with van der Waals surface area (Å²) in [6, 6.07) is 20.6. The van der Waals surface area contributed by atoms with Gasteiger partial charge in [-0.3, -0.25) is 4.79 Å². The molecule has 0 saturated heterocycles. The van der Waals surface area contributed by atoms with Crippen molar-refractivity contribution in [3.05, 3.63) is 101 Å². The molecule has 8 nitrogen and oxygen atoms in total. The molecule has 160 valence electrons. The fraction of sp³-hybridized carbons (Fsp3) is 0.0870. The predicted molar refractivity (Wildman–Crippen MR) is 119 cm³/mol. The van der Waals surface area contributed by atoms with Crippen molar-refractivity contribution < 1.29 is 14.3 Å². The van der Waals surface area contributed by atoms with Gasteiger partial charge in [0.2, 0.25) is 6.10 Å². The van der Waals surface area contributed by atoms with Gasteiger partial charge in [0.05, 0.1) is 11.3 Å². The Morgan fingerprint density at radius 3 is 2.56 bits per heavy atom. The second kappa shape index (κ2) is 9.40. The third kappa shape index (κ3) is 4.81. The Morgan fingerprint density at radius 2 is 1.84 bits per heavy atom. The Morgan fingerprint density at radius 1 is 1.03 bits per heavy atom. The maximum atomic E-state index is 13.1. The first-order valence-electron chi connectivity index (χ1n) is 9.67. The molecule has 3 aromatic carbocycles. The van der Waals surface area contributed by atoms with Crippen LogP contribution in [0.15, 0.2) is 79.1 Å². The number of amides is 1. The van der Waals surface area contributed by atoms with E-state index in [1.165, 1.54) is 11.0 Å². The smallest absolute Gasteiger partial charge is 0.339 e. The van der Waals surface area contributed by atoms with Crippen molar-refractivity contribution in [1.29, 1.82) is 0 Å². The fourth-order valence-electron chi connectivity index (χ4n) is 3.01. The minimum absolute atomic E-state index is 0.255. The van der Waals surface area contributed by atoms with Gasteiger partial charge in [-0.2, -0.15) is 0 Å². The molecule has 1 amide bonds. The highest BCUT2D eigenvalue weighted by Gasteiger charge is 2.26. The molecule has 0 aliphatic carbocycles. The average Bonchev–Trinajstić information content (AvgIpc) is 3.35. The van der Waals surface area contributed by atoms with Crippen LogP contribution in [0.25, 0.3) is 5.69 Å². The number of hydrogen-bond donors (Lipinski definition) is 1. The largest absolute Gasteiger partial charge is 0.444 e. The van der Waals surface area contributed by atoms with Crippen LogP contribution in [0.1, 0.15) is 27.6 Å². The van der Waals surface area contributed by atoms with Crippen LogP contribution in [-0.4, -0.2) is 32.1 Å². The number of aromatic nitrogens is 4. The minimum Gasteiger partial charge on any atom is -0.444 e. The second-order valence-electron chi connectivity index (χ2n) is 6.95. The van der Waals surface area contributed by atoms with Crippen LogP contribution in [0.2, 0.25) is 5.02 Å². The van der Waals surface area contributed by atoms with E-state index in [1.807, 2.05) is 13.0 Å². The first-order valence-corrected chi connectivity index (χ1v) is 10.1. The molecule has 0 fully saturated rings. The Labute approximate surface area is 188 Å². The number of hydrogen-bond acceptors (Lipinski definition) is 6. The highest BCUT2D eigenvalue weighted by Crippen LogP contribution is 2.24. The van der Waals surface area contributed by atoms with Gasteiger partial charge in [-0.1, -0.05) is 54.1 Å². The molecular weight excluding hydrogens is 430 g/mol. The molecule has 0 radical (unpaired) electrons. The van der Waals surface area contributed by atoms with Gasteiger partial charge in [-0.15, -0.1) is 5.10 Å². The third-order valence-corrected chi connectivity index (χ3v) is 5.11. The van der Waals surface area contributed by atoms with E-state index in [0.29, 0.717) is 22.0 Å². The van der Waals surface area contributed by atoms with Crippen LogP contribution in [0, 0.1) is 6.92 Å². The summed E-state index contributed by atoms with van der Waals surface area (Å²) in [5.74, 6) is -1.16. The number of esters is 1. The van der Waals surface area contributed by atoms with E-state index in [-0.39, 0.29) is 5.56 Å². The van der Waals surface area contributed by atoms with Crippen molar-refractivity contribution >= 4 is 29.2 Å². The lowest BCUT2D eigenvalue weighted by molar-refractivity contribution is -0.125. The quantitative estimate of drug-likeness (QED) is 0.445. The summed E-state index contributed by atoms with van der Waals surface area (Å²) in [5, 5.41) is 14.3. The molecule has 32 heavy (non-hydrogen) atoms. The first-order chi connectivity index (χ1) is 15.5. The maximum absolute atomic E-state index is 13.1. The number of ether oxygens (including phenoxy) is 1. The zero-order valence-electron chi connectivity index (χ0n) is 17.0. The number of nitrogens with one attached hydrogen (secondary N) is 1. The fourth-order valence-corrected chi connectivity index (χ4v) is 3.19. The van der Waals surface area contributed by atoms with Crippen molar-refractivity contribution in [3.63, 3.8) is 0 Å². The summed E-state index contributed by atoms with van der Waals surface area (Å²) in [6.45, 7) is 1.87. The van der Waals surface area contributed by atoms with Gasteiger partial charge in [-0.05, 0) is 53.2 Å². The van der Waals surface area contributed by atoms with Gasteiger partial charge in [0.15, 0.2) is 0 Å². The highest BCUT2D eigenvalue weighted by atomic mass is 35.5. The van der Waals surface area contributed by atoms with Gasteiger partial charge in [0.1, 0.15) is 6.33 Å². The molecule has 0 saturated carbocycles. The molecule has 0 bridgehead atoms. The van der Waals surface area contributed by atoms with Crippen molar-refractivity contribution in [2.24, 2.45) is 0 Å². The number of nitrogens with zero attached hydrogens (tertiary/aromatic N) is 4. The van der Waals surface area contributed by atoms with Crippen molar-refractivity contribution in [2.75, 3.05) is 5.32 Å². The number of aryl methyl sites for hydroxylation is 1. The molecule has 0 spiro atoms. The Hall–Kier alpha value is -4.04. The summed E-state index contributed by atoms with van der Waals surface area (Å²) in [5.41, 5.74) is 2.76. The van der Waals surface area contributed by atoms with Crippen LogP contribution in [0.5, 0.6) is 0 Å². The molecular formula is C23H18ClN5O3. The minimum atomic E-state index is -1.17. The number of halogens is 1. The summed E-state index contributed by atoms with van der Waals surface area (Å²) in [6.07, 6.45) is 0.248. The van der Waals surface area contributed by atoms with Gasteiger partial charge < -0.3 is 10.1 Å². The number of anilines is 1. The first kappa shape index (κ1) is 21.2. The molecule has 4 aromatic rings. The van der Waals surface area contributed by atoms with E-state index in [1.54, 1.807) is 66.7 Å². The normalized spacial score (nSPS) is 11.6. The zero-order chi connectivity index (χ0) is 22.5. The standard InChI is InChI=1S/C23H18ClN5O3/c1-15-10-11-18(13-20(15)24)26-22(30)21(16-6-3-2-4-7-16)32-23(31)17-8-5-9-19(12-17)29-14-25-27-28-29/h2-14,21H,1H3,(H,26,30). The van der Waals surface area contributed by atoms with Crippen molar-refractivity contribution in [3.8, 4) is 5.69 Å². The lowest BCUT2D eigenvalue weighted by Crippen LogP contribution is -2.26. The Kier molecular flexibility index (Phi) is 6.23. The van der Waals surface area contributed by atoms with Crippen LogP contribution in [0.4, 0.5) is 5.69 Å². The SMILES string of the molecule is Cc1ccc(NC(=O)C(OC(=O)c2cccc(-n3cnnn3)c2)c2ccccc2)cc1Cl. The number of rotatable bonds is 6. The number of tetrazole rings is 1. The van der Waals surface area contributed by atoms with Gasteiger partial charge >= 0.3 is 5.97 Å². The van der Waals surface area contributed by atoms with E-state index in [0.717, 1.165) is 5.56 Å². The molecule has 1 aromatic heterocycles. The predicted octanol–water partition coefficient (Wildman–Crippen LogP) is 4.16. The molecule has 9 heteroatoms. The van der Waals surface area contributed by atoms with E-state index in [9.17, 15) is 9.59 Å². The van der Waals surface area contributed by atoms with Crippen molar-refractivity contribution in [1.82, 2.24) is 20.2 Å². The summed E-state index contributed by atoms with van der Waals surface area (Å²) in [4.78, 5) is 26.0. The van der Waals surface area contributed by atoms with Gasteiger partial charge in [0, 0.05) is 16.3 Å². The van der Waals surface area contributed by atoms with Gasteiger partial charge in [-0.25, -0.2) is 9.48 Å². The number of carbonyl (C=O) groups excluding carboxylic acids is 2. The molecule has 1 N–H and O–H groups in total. The average molecular weight is 448 g/mol. The topological polar surface area (TPSA) is 99.0 Å². The number of benzene rings is 3. The van der Waals surface area contributed by atoms with Crippen LogP contribution in [-0.2, 0) is 9.53 Å². The molecule has 0 aliphatic rings. The molecule has 4 rings (SSSR count). The molecule has 1 unspecified atom stereocenters. The zero-order valence-corrected chi connectivity index (χ0v) is 17.7. The van der Waals surface area contributed by atoms with Gasteiger partial charge in [0.25, 0.3) is 5.91 Å².